The van der Waals surface area contributed by atoms with E-state index in [1.54, 1.807) is 0 Å². The van der Waals surface area contributed by atoms with Crippen molar-refractivity contribution >= 4 is 34.2 Å². The molecule has 0 bridgehead atoms. The van der Waals surface area contributed by atoms with Crippen LogP contribution in [0.1, 0.15) is 48.8 Å². The second-order valence-corrected chi connectivity index (χ2v) is 9.95. The molecule has 36 heavy (non-hydrogen) atoms. The summed E-state index contributed by atoms with van der Waals surface area (Å²) in [6.45, 7) is 8.66. The quantitative estimate of drug-likeness (QED) is 0.436. The van der Waals surface area contributed by atoms with Crippen LogP contribution >= 0.6 is 0 Å². The maximum Gasteiger partial charge on any atom is 0.321 e. The molecule has 9 heteroatoms. The number of hydrogen-bond donors (Lipinski definition) is 4. The standard InChI is InChI=1S/C27H35N7O2/c1-18(2)30-23-4-3-9-29-25(23)19-7-12-33(13-8-19)26(35)24-17-20-16-21(5-6-22(20)32-24)31-27(36)34-14-10-28-11-15-34/h3-6,9,16-19,28,30,32H,7-8,10-15H2,1-2H3,(H,31,36). The van der Waals surface area contributed by atoms with Gasteiger partial charge in [-0.2, -0.15) is 0 Å². The van der Waals surface area contributed by atoms with Gasteiger partial charge in [0.2, 0.25) is 0 Å². The number of piperidine rings is 1. The minimum atomic E-state index is -0.0924. The summed E-state index contributed by atoms with van der Waals surface area (Å²) in [5.41, 5.74) is 4.37. The molecule has 4 heterocycles. The second kappa shape index (κ2) is 10.6. The lowest BCUT2D eigenvalue weighted by Gasteiger charge is -2.32. The van der Waals surface area contributed by atoms with Crippen LogP contribution in [0.5, 0.6) is 0 Å². The largest absolute Gasteiger partial charge is 0.381 e. The molecule has 0 saturated carbocycles. The summed E-state index contributed by atoms with van der Waals surface area (Å²) in [7, 11) is 0. The predicted octanol–water partition coefficient (Wildman–Crippen LogP) is 3.84. The Morgan fingerprint density at radius 1 is 1.03 bits per heavy atom. The molecule has 2 aliphatic heterocycles. The van der Waals surface area contributed by atoms with Crippen molar-refractivity contribution in [2.24, 2.45) is 0 Å². The molecular formula is C27H35N7O2. The maximum atomic E-state index is 13.3. The predicted molar refractivity (Wildman–Crippen MR) is 143 cm³/mol. The Balaban J connectivity index is 1.22. The molecule has 190 valence electrons. The number of amides is 3. The van der Waals surface area contributed by atoms with Crippen LogP contribution in [0.15, 0.2) is 42.6 Å². The number of carbonyl (C=O) groups excluding carboxylic acids is 2. The van der Waals surface area contributed by atoms with Gasteiger partial charge in [0.1, 0.15) is 5.69 Å². The molecule has 5 rings (SSSR count). The van der Waals surface area contributed by atoms with Gasteiger partial charge in [-0.25, -0.2) is 4.79 Å². The molecule has 0 spiro atoms. The van der Waals surface area contributed by atoms with E-state index < -0.39 is 0 Å². The normalized spacial score (nSPS) is 17.0. The molecule has 2 saturated heterocycles. The van der Waals surface area contributed by atoms with Crippen molar-refractivity contribution in [3.8, 4) is 0 Å². The molecule has 1 aromatic carbocycles. The van der Waals surface area contributed by atoms with Crippen LogP contribution in [-0.4, -0.2) is 77.0 Å². The van der Waals surface area contributed by atoms with Gasteiger partial charge in [-0.3, -0.25) is 9.78 Å². The van der Waals surface area contributed by atoms with E-state index in [9.17, 15) is 9.59 Å². The van der Waals surface area contributed by atoms with Crippen LogP contribution in [-0.2, 0) is 0 Å². The lowest BCUT2D eigenvalue weighted by Crippen LogP contribution is -2.48. The van der Waals surface area contributed by atoms with E-state index in [4.69, 9.17) is 0 Å². The number of fused-ring (bicyclic) bond motifs is 1. The molecule has 4 N–H and O–H groups in total. The van der Waals surface area contributed by atoms with Gasteiger partial charge in [-0.05, 0) is 63.1 Å². The summed E-state index contributed by atoms with van der Waals surface area (Å²) in [6.07, 6.45) is 3.62. The van der Waals surface area contributed by atoms with Gasteiger partial charge in [0, 0.05) is 74.0 Å². The molecule has 3 amide bonds. The summed E-state index contributed by atoms with van der Waals surface area (Å²) in [6, 6.07) is 11.9. The zero-order chi connectivity index (χ0) is 25.1. The van der Waals surface area contributed by atoms with Crippen molar-refractivity contribution in [3.63, 3.8) is 0 Å². The van der Waals surface area contributed by atoms with Crippen LogP contribution in [0.2, 0.25) is 0 Å². The number of piperazine rings is 1. The van der Waals surface area contributed by atoms with E-state index in [-0.39, 0.29) is 11.9 Å². The minimum Gasteiger partial charge on any atom is -0.381 e. The molecule has 0 unspecified atom stereocenters. The number of pyridine rings is 1. The monoisotopic (exact) mass is 489 g/mol. The first kappa shape index (κ1) is 24.1. The smallest absolute Gasteiger partial charge is 0.321 e. The zero-order valence-corrected chi connectivity index (χ0v) is 21.0. The lowest BCUT2D eigenvalue weighted by atomic mass is 9.91. The molecule has 0 radical (unpaired) electrons. The van der Waals surface area contributed by atoms with Gasteiger partial charge in [0.05, 0.1) is 11.4 Å². The number of hydrogen-bond acceptors (Lipinski definition) is 5. The molecule has 0 aliphatic carbocycles. The highest BCUT2D eigenvalue weighted by Gasteiger charge is 2.27. The van der Waals surface area contributed by atoms with E-state index in [1.807, 2.05) is 46.3 Å². The van der Waals surface area contributed by atoms with Gasteiger partial charge in [0.15, 0.2) is 0 Å². The first-order chi connectivity index (χ1) is 17.5. The van der Waals surface area contributed by atoms with E-state index in [0.29, 0.717) is 43.8 Å². The van der Waals surface area contributed by atoms with Gasteiger partial charge >= 0.3 is 6.03 Å². The van der Waals surface area contributed by atoms with Crippen LogP contribution in [0, 0.1) is 0 Å². The van der Waals surface area contributed by atoms with E-state index in [2.05, 4.69) is 45.8 Å². The Hall–Kier alpha value is -3.59. The van der Waals surface area contributed by atoms with Gasteiger partial charge in [0.25, 0.3) is 5.91 Å². The highest BCUT2D eigenvalue weighted by Crippen LogP contribution is 2.32. The lowest BCUT2D eigenvalue weighted by molar-refractivity contribution is 0.0707. The highest BCUT2D eigenvalue weighted by molar-refractivity contribution is 5.99. The van der Waals surface area contributed by atoms with Crippen LogP contribution in [0.25, 0.3) is 10.9 Å². The zero-order valence-electron chi connectivity index (χ0n) is 21.0. The van der Waals surface area contributed by atoms with Crippen LogP contribution < -0.4 is 16.0 Å². The number of rotatable bonds is 5. The highest BCUT2D eigenvalue weighted by atomic mass is 16.2. The first-order valence-corrected chi connectivity index (χ1v) is 12.9. The summed E-state index contributed by atoms with van der Waals surface area (Å²) in [4.78, 5) is 37.5. The van der Waals surface area contributed by atoms with Crippen molar-refractivity contribution in [1.82, 2.24) is 25.1 Å². The van der Waals surface area contributed by atoms with Crippen LogP contribution in [0.3, 0.4) is 0 Å². The average Bonchev–Trinajstić information content (AvgIpc) is 3.32. The fourth-order valence-electron chi connectivity index (χ4n) is 5.10. The Bertz CT molecular complexity index is 1220. The molecular weight excluding hydrogens is 454 g/mol. The molecule has 3 aromatic rings. The fourth-order valence-corrected chi connectivity index (χ4v) is 5.10. The Kier molecular flexibility index (Phi) is 7.09. The van der Waals surface area contributed by atoms with E-state index in [1.165, 1.54) is 0 Å². The number of urea groups is 1. The number of nitrogens with zero attached hydrogens (tertiary/aromatic N) is 3. The summed E-state index contributed by atoms with van der Waals surface area (Å²) < 4.78 is 0. The van der Waals surface area contributed by atoms with Crippen molar-refractivity contribution in [2.45, 2.75) is 38.6 Å². The van der Waals surface area contributed by atoms with E-state index >= 15 is 0 Å². The van der Waals surface area contributed by atoms with Gasteiger partial charge in [-0.1, -0.05) is 0 Å². The summed E-state index contributed by atoms with van der Waals surface area (Å²) in [5, 5.41) is 10.6. The number of carbonyl (C=O) groups is 2. The average molecular weight is 490 g/mol. The summed E-state index contributed by atoms with van der Waals surface area (Å²) in [5.74, 6) is 0.346. The fraction of sp³-hybridized carbons (Fsp3) is 0.444. The van der Waals surface area contributed by atoms with Gasteiger partial charge < -0.3 is 30.7 Å². The number of anilines is 2. The second-order valence-electron chi connectivity index (χ2n) is 9.95. The Morgan fingerprint density at radius 2 is 1.81 bits per heavy atom. The first-order valence-electron chi connectivity index (χ1n) is 12.9. The maximum absolute atomic E-state index is 13.3. The SMILES string of the molecule is CC(C)Nc1cccnc1C1CCN(C(=O)c2cc3cc(NC(=O)N4CCNCC4)ccc3[nH]2)CC1. The molecule has 9 nitrogen and oxygen atoms in total. The Morgan fingerprint density at radius 3 is 2.56 bits per heavy atom. The Labute approximate surface area is 211 Å². The van der Waals surface area contributed by atoms with Crippen molar-refractivity contribution in [3.05, 3.63) is 54.0 Å². The topological polar surface area (TPSA) is 105 Å². The van der Waals surface area contributed by atoms with Crippen molar-refractivity contribution in [2.75, 3.05) is 49.9 Å². The van der Waals surface area contributed by atoms with Crippen LogP contribution in [0.4, 0.5) is 16.2 Å². The third-order valence-corrected chi connectivity index (χ3v) is 6.96. The number of likely N-dealkylation sites (tertiary alicyclic amines) is 1. The molecule has 2 aromatic heterocycles. The van der Waals surface area contributed by atoms with E-state index in [0.717, 1.165) is 53.9 Å². The number of benzene rings is 1. The summed E-state index contributed by atoms with van der Waals surface area (Å²) >= 11 is 0. The third-order valence-electron chi connectivity index (χ3n) is 6.96. The van der Waals surface area contributed by atoms with Gasteiger partial charge in [-0.15, -0.1) is 0 Å². The number of H-pyrrole nitrogens is 1. The number of aromatic amines is 1. The van der Waals surface area contributed by atoms with Crippen molar-refractivity contribution < 1.29 is 9.59 Å². The number of aromatic nitrogens is 2. The number of nitrogens with one attached hydrogen (secondary N) is 4. The minimum absolute atomic E-state index is 0.0117. The molecule has 0 atom stereocenters. The third kappa shape index (κ3) is 5.31. The van der Waals surface area contributed by atoms with Crippen molar-refractivity contribution in [1.29, 1.82) is 0 Å². The molecule has 2 aliphatic rings. The molecule has 2 fully saturated rings.